The van der Waals surface area contributed by atoms with Gasteiger partial charge in [0.25, 0.3) is 10.1 Å². The molecule has 0 saturated heterocycles. The molecule has 0 atom stereocenters. The second-order valence-corrected chi connectivity index (χ2v) is 2.79. The molecule has 43 valence electrons. The first-order chi connectivity index (χ1) is 3.12. The quantitative estimate of drug-likeness (QED) is 0.477. The van der Waals surface area contributed by atoms with Crippen molar-refractivity contribution in [2.45, 2.75) is 0 Å². The summed E-state index contributed by atoms with van der Waals surface area (Å²) in [6.07, 6.45) is 0. The summed E-state index contributed by atoms with van der Waals surface area (Å²) >= 11 is 0. The lowest BCUT2D eigenvalue weighted by Gasteiger charge is -1.90. The molecule has 0 bridgehead atoms. The predicted octanol–water partition coefficient (Wildman–Crippen LogP) is -0.203. The third-order valence-electron chi connectivity index (χ3n) is 0.504. The van der Waals surface area contributed by atoms with Crippen molar-refractivity contribution in [1.29, 1.82) is 0 Å². The molecule has 0 aromatic carbocycles. The minimum absolute atomic E-state index is 0.205. The van der Waals surface area contributed by atoms with Gasteiger partial charge in [0.05, 0.1) is 12.9 Å². The molecule has 0 aliphatic heterocycles. The van der Waals surface area contributed by atoms with Crippen LogP contribution in [0.15, 0.2) is 0 Å². The molecule has 0 unspecified atom stereocenters. The van der Waals surface area contributed by atoms with E-state index in [1.165, 1.54) is 0 Å². The normalized spacial score (nSPS) is 11.7. The van der Waals surface area contributed by atoms with Crippen LogP contribution in [0, 0.1) is 6.92 Å². The molecule has 4 heteroatoms. The first-order valence-corrected chi connectivity index (χ1v) is 3.27. The third-order valence-corrected chi connectivity index (χ3v) is 1.51. The van der Waals surface area contributed by atoms with Gasteiger partial charge in [-0.3, -0.25) is 4.18 Å². The Kier molecular flexibility index (Phi) is 2.25. The van der Waals surface area contributed by atoms with Crippen LogP contribution in [-0.4, -0.2) is 21.3 Å². The molecule has 0 heterocycles. The van der Waals surface area contributed by atoms with Crippen molar-refractivity contribution in [3.8, 4) is 0 Å². The first-order valence-electron chi connectivity index (χ1n) is 1.70. The van der Waals surface area contributed by atoms with Crippen molar-refractivity contribution in [3.05, 3.63) is 6.92 Å². The molecule has 0 aliphatic carbocycles. The molecule has 1 radical (unpaired) electrons. The van der Waals surface area contributed by atoms with Crippen LogP contribution in [-0.2, 0) is 14.3 Å². The van der Waals surface area contributed by atoms with Crippen LogP contribution in [0.25, 0.3) is 0 Å². The summed E-state index contributed by atoms with van der Waals surface area (Å²) in [6, 6.07) is 0. The zero-order valence-electron chi connectivity index (χ0n) is 4.05. The Bertz CT molecular complexity index is 113. The largest absolute Gasteiger partial charge is 0.273 e. The second kappa shape index (κ2) is 2.28. The van der Waals surface area contributed by atoms with Crippen molar-refractivity contribution < 1.29 is 12.6 Å². The van der Waals surface area contributed by atoms with E-state index in [0.717, 1.165) is 7.11 Å². The van der Waals surface area contributed by atoms with Crippen LogP contribution in [0.5, 0.6) is 0 Å². The molecule has 0 amide bonds. The fourth-order valence-corrected chi connectivity index (χ4v) is 0.250. The van der Waals surface area contributed by atoms with E-state index in [-0.39, 0.29) is 5.75 Å². The zero-order chi connectivity index (χ0) is 5.91. The van der Waals surface area contributed by atoms with Gasteiger partial charge in [0.1, 0.15) is 0 Å². The Morgan fingerprint density at radius 3 is 2.14 bits per heavy atom. The van der Waals surface area contributed by atoms with E-state index < -0.39 is 10.1 Å². The molecule has 0 fully saturated rings. The molecule has 3 nitrogen and oxygen atoms in total. The van der Waals surface area contributed by atoms with Crippen LogP contribution in [0.2, 0.25) is 0 Å². The van der Waals surface area contributed by atoms with E-state index in [2.05, 4.69) is 11.1 Å². The van der Waals surface area contributed by atoms with Crippen molar-refractivity contribution >= 4 is 10.1 Å². The van der Waals surface area contributed by atoms with Crippen LogP contribution in [0.3, 0.4) is 0 Å². The molecule has 0 saturated carbocycles. The topological polar surface area (TPSA) is 43.4 Å². The fraction of sp³-hybridized carbons (Fsp3) is 0.667. The maximum atomic E-state index is 10.1. The van der Waals surface area contributed by atoms with Crippen molar-refractivity contribution in [1.82, 2.24) is 0 Å². The summed E-state index contributed by atoms with van der Waals surface area (Å²) < 4.78 is 24.2. The zero-order valence-corrected chi connectivity index (χ0v) is 4.86. The van der Waals surface area contributed by atoms with Crippen molar-refractivity contribution in [2.75, 3.05) is 12.9 Å². The third kappa shape index (κ3) is 2.59. The average Bonchev–Trinajstić information content (AvgIpc) is 1.68. The highest BCUT2D eigenvalue weighted by Gasteiger charge is 2.00. The van der Waals surface area contributed by atoms with Crippen LogP contribution in [0.4, 0.5) is 0 Å². The number of hydrogen-bond acceptors (Lipinski definition) is 3. The van der Waals surface area contributed by atoms with E-state index >= 15 is 0 Å². The minimum Gasteiger partial charge on any atom is -0.273 e. The van der Waals surface area contributed by atoms with E-state index in [4.69, 9.17) is 0 Å². The van der Waals surface area contributed by atoms with Crippen molar-refractivity contribution in [3.63, 3.8) is 0 Å². The Morgan fingerprint density at radius 1 is 1.71 bits per heavy atom. The van der Waals surface area contributed by atoms with Gasteiger partial charge < -0.3 is 0 Å². The molecule has 0 aromatic rings. The van der Waals surface area contributed by atoms with Gasteiger partial charge in [0, 0.05) is 0 Å². The molecular weight excluding hydrogens is 116 g/mol. The molecule has 0 N–H and O–H groups in total. The lowest BCUT2D eigenvalue weighted by Crippen LogP contribution is -2.03. The highest BCUT2D eigenvalue weighted by Crippen LogP contribution is 1.84. The van der Waals surface area contributed by atoms with Gasteiger partial charge in [-0.15, -0.1) is 0 Å². The Morgan fingerprint density at radius 2 is 2.14 bits per heavy atom. The van der Waals surface area contributed by atoms with Crippen LogP contribution < -0.4 is 0 Å². The molecule has 0 rings (SSSR count). The highest BCUT2D eigenvalue weighted by atomic mass is 32.2. The smallest absolute Gasteiger partial charge is 0.267 e. The summed E-state index contributed by atoms with van der Waals surface area (Å²) in [6.45, 7) is 3.12. The van der Waals surface area contributed by atoms with Gasteiger partial charge in [-0.05, 0) is 6.92 Å². The van der Waals surface area contributed by atoms with Gasteiger partial charge in [0.2, 0.25) is 0 Å². The summed E-state index contributed by atoms with van der Waals surface area (Å²) in [5, 5.41) is 0. The average molecular weight is 123 g/mol. The lowest BCUT2D eigenvalue weighted by atomic mass is 11.0. The van der Waals surface area contributed by atoms with Gasteiger partial charge in [-0.1, -0.05) is 0 Å². The minimum atomic E-state index is -3.27. The SMILES string of the molecule is [CH2]CS(=O)(=O)OC. The number of rotatable bonds is 2. The summed E-state index contributed by atoms with van der Waals surface area (Å²) in [5.74, 6) is -0.205. The molecule has 0 spiro atoms. The molecular formula is C3H7O3S. The lowest BCUT2D eigenvalue weighted by molar-refractivity contribution is 0.400. The molecule has 0 aromatic heterocycles. The maximum Gasteiger partial charge on any atom is 0.267 e. The summed E-state index contributed by atoms with van der Waals surface area (Å²) in [5.41, 5.74) is 0. The van der Waals surface area contributed by atoms with Gasteiger partial charge >= 0.3 is 0 Å². The van der Waals surface area contributed by atoms with E-state index in [0.29, 0.717) is 0 Å². The molecule has 7 heavy (non-hydrogen) atoms. The first kappa shape index (κ1) is 6.91. The Balaban J connectivity index is 3.89. The van der Waals surface area contributed by atoms with Crippen LogP contribution >= 0.6 is 0 Å². The predicted molar refractivity (Wildman–Crippen MR) is 26.2 cm³/mol. The Labute approximate surface area is 43.4 Å². The van der Waals surface area contributed by atoms with E-state index in [9.17, 15) is 8.42 Å². The van der Waals surface area contributed by atoms with Crippen molar-refractivity contribution in [2.24, 2.45) is 0 Å². The second-order valence-electron chi connectivity index (χ2n) is 0.928. The summed E-state index contributed by atoms with van der Waals surface area (Å²) in [4.78, 5) is 0. The standard InChI is InChI=1S/C3H7O3S/c1-3-7(4,5)6-2/h1,3H2,2H3. The monoisotopic (exact) mass is 123 g/mol. The van der Waals surface area contributed by atoms with E-state index in [1.54, 1.807) is 0 Å². The van der Waals surface area contributed by atoms with Gasteiger partial charge in [-0.25, -0.2) is 0 Å². The number of hydrogen-bond donors (Lipinski definition) is 0. The van der Waals surface area contributed by atoms with Gasteiger partial charge in [-0.2, -0.15) is 8.42 Å². The highest BCUT2D eigenvalue weighted by molar-refractivity contribution is 7.86. The Hall–Kier alpha value is -0.0900. The van der Waals surface area contributed by atoms with Crippen LogP contribution in [0.1, 0.15) is 0 Å². The van der Waals surface area contributed by atoms with E-state index in [1.807, 2.05) is 0 Å². The fourth-order valence-electron chi connectivity index (χ4n) is 0.0833. The van der Waals surface area contributed by atoms with Gasteiger partial charge in [0.15, 0.2) is 0 Å². The summed E-state index contributed by atoms with van der Waals surface area (Å²) in [7, 11) is -2.16. The maximum absolute atomic E-state index is 10.1. The molecule has 0 aliphatic rings.